The van der Waals surface area contributed by atoms with Crippen LogP contribution in [0.4, 0.5) is 5.69 Å². The summed E-state index contributed by atoms with van der Waals surface area (Å²) in [6.07, 6.45) is 0. The first-order valence-corrected chi connectivity index (χ1v) is 5.50. The fourth-order valence-corrected chi connectivity index (χ4v) is 1.26. The van der Waals surface area contributed by atoms with E-state index in [0.717, 1.165) is 5.56 Å². The molecule has 1 unspecified atom stereocenters. The van der Waals surface area contributed by atoms with Crippen LogP contribution in [0.25, 0.3) is 0 Å². The van der Waals surface area contributed by atoms with Crippen molar-refractivity contribution in [2.45, 2.75) is 39.0 Å². The minimum absolute atomic E-state index is 0.0577. The molecule has 0 radical (unpaired) electrons. The molecule has 0 saturated heterocycles. The molecule has 0 saturated carbocycles. The second-order valence-electron chi connectivity index (χ2n) is 4.68. The summed E-state index contributed by atoms with van der Waals surface area (Å²) >= 11 is 0. The van der Waals surface area contributed by atoms with Gasteiger partial charge in [-0.25, -0.2) is 0 Å². The van der Waals surface area contributed by atoms with Crippen LogP contribution < -0.4 is 5.32 Å². The molecule has 0 aliphatic carbocycles. The Balaban J connectivity index is 2.56. The molecule has 94 valence electrons. The molecule has 0 amide bonds. The number of non-ortho nitro benzene ring substituents is 1. The highest BCUT2D eigenvalue weighted by molar-refractivity contribution is 5.32. The maximum Gasteiger partial charge on any atom is 0.269 e. The van der Waals surface area contributed by atoms with Crippen molar-refractivity contribution in [3.63, 3.8) is 0 Å². The van der Waals surface area contributed by atoms with Crippen LogP contribution >= 0.6 is 0 Å². The van der Waals surface area contributed by atoms with E-state index in [1.54, 1.807) is 26.0 Å². The first-order chi connectivity index (χ1) is 7.80. The van der Waals surface area contributed by atoms with Crippen LogP contribution in [-0.2, 0) is 6.54 Å². The lowest BCUT2D eigenvalue weighted by atomic mass is 10.0. The Kier molecular flexibility index (Phi) is 4.20. The summed E-state index contributed by atoms with van der Waals surface area (Å²) in [6, 6.07) is 6.32. The zero-order valence-corrected chi connectivity index (χ0v) is 10.3. The predicted molar refractivity (Wildman–Crippen MR) is 65.7 cm³/mol. The molecule has 5 nitrogen and oxygen atoms in total. The highest BCUT2D eigenvalue weighted by atomic mass is 16.6. The van der Waals surface area contributed by atoms with E-state index in [2.05, 4.69) is 5.32 Å². The van der Waals surface area contributed by atoms with Gasteiger partial charge in [0.05, 0.1) is 10.5 Å². The number of benzene rings is 1. The fraction of sp³-hybridized carbons (Fsp3) is 0.500. The van der Waals surface area contributed by atoms with E-state index in [9.17, 15) is 15.2 Å². The van der Waals surface area contributed by atoms with E-state index >= 15 is 0 Å². The Morgan fingerprint density at radius 1 is 1.41 bits per heavy atom. The lowest BCUT2D eigenvalue weighted by Crippen LogP contribution is -2.44. The number of nitro groups is 1. The Morgan fingerprint density at radius 3 is 2.35 bits per heavy atom. The lowest BCUT2D eigenvalue weighted by Gasteiger charge is -2.26. The van der Waals surface area contributed by atoms with Crippen molar-refractivity contribution in [1.82, 2.24) is 5.32 Å². The maximum atomic E-state index is 10.5. The van der Waals surface area contributed by atoms with Crippen molar-refractivity contribution in [3.8, 4) is 0 Å². The summed E-state index contributed by atoms with van der Waals surface area (Å²) in [4.78, 5) is 10.0. The molecule has 0 bridgehead atoms. The van der Waals surface area contributed by atoms with E-state index in [4.69, 9.17) is 0 Å². The summed E-state index contributed by atoms with van der Waals surface area (Å²) in [6.45, 7) is 5.94. The van der Waals surface area contributed by atoms with Crippen molar-refractivity contribution in [3.05, 3.63) is 39.9 Å². The van der Waals surface area contributed by atoms with Crippen LogP contribution in [0.1, 0.15) is 26.3 Å². The quantitative estimate of drug-likeness (QED) is 0.606. The molecule has 5 heteroatoms. The number of rotatable bonds is 5. The highest BCUT2D eigenvalue weighted by Crippen LogP contribution is 2.13. The Hall–Kier alpha value is -1.46. The predicted octanol–water partition coefficient (Wildman–Crippen LogP) is 1.84. The highest BCUT2D eigenvalue weighted by Gasteiger charge is 2.21. The number of hydrogen-bond acceptors (Lipinski definition) is 4. The first kappa shape index (κ1) is 13.6. The lowest BCUT2D eigenvalue weighted by molar-refractivity contribution is -0.384. The minimum Gasteiger partial charge on any atom is -0.389 e. The molecular formula is C12H18N2O3. The number of nitrogens with one attached hydrogen (secondary N) is 1. The largest absolute Gasteiger partial charge is 0.389 e. The summed E-state index contributed by atoms with van der Waals surface area (Å²) in [5.74, 6) is 0. The molecule has 1 atom stereocenters. The number of aliphatic hydroxyl groups is 1. The Morgan fingerprint density at radius 2 is 1.94 bits per heavy atom. The van der Waals surface area contributed by atoms with Gasteiger partial charge in [-0.2, -0.15) is 0 Å². The van der Waals surface area contributed by atoms with Crippen molar-refractivity contribution in [1.29, 1.82) is 0 Å². The third-order valence-electron chi connectivity index (χ3n) is 2.82. The van der Waals surface area contributed by atoms with Crippen LogP contribution in [0.15, 0.2) is 24.3 Å². The molecule has 17 heavy (non-hydrogen) atoms. The van der Waals surface area contributed by atoms with Gasteiger partial charge in [0.15, 0.2) is 0 Å². The third kappa shape index (κ3) is 4.13. The summed E-state index contributed by atoms with van der Waals surface area (Å²) in [5.41, 5.74) is 0.247. The number of nitrogens with zero attached hydrogens (tertiary/aromatic N) is 1. The monoisotopic (exact) mass is 238 g/mol. The minimum atomic E-state index is -0.791. The van der Waals surface area contributed by atoms with Gasteiger partial charge in [-0.3, -0.25) is 10.1 Å². The van der Waals surface area contributed by atoms with E-state index in [0.29, 0.717) is 6.54 Å². The van der Waals surface area contributed by atoms with Gasteiger partial charge in [0.1, 0.15) is 0 Å². The van der Waals surface area contributed by atoms with Gasteiger partial charge < -0.3 is 10.4 Å². The molecule has 0 aliphatic rings. The van der Waals surface area contributed by atoms with Gasteiger partial charge in [0.25, 0.3) is 5.69 Å². The van der Waals surface area contributed by atoms with Gasteiger partial charge in [0, 0.05) is 24.7 Å². The zero-order chi connectivity index (χ0) is 13.1. The molecular weight excluding hydrogens is 220 g/mol. The third-order valence-corrected chi connectivity index (χ3v) is 2.82. The van der Waals surface area contributed by atoms with Gasteiger partial charge in [-0.05, 0) is 26.3 Å². The summed E-state index contributed by atoms with van der Waals surface area (Å²) in [7, 11) is 0. The smallest absolute Gasteiger partial charge is 0.269 e. The van der Waals surface area contributed by atoms with Crippen LogP contribution in [0.3, 0.4) is 0 Å². The van der Waals surface area contributed by atoms with Crippen molar-refractivity contribution >= 4 is 5.69 Å². The zero-order valence-electron chi connectivity index (χ0n) is 10.3. The summed E-state index contributed by atoms with van der Waals surface area (Å²) < 4.78 is 0. The van der Waals surface area contributed by atoms with Gasteiger partial charge in [0.2, 0.25) is 0 Å². The van der Waals surface area contributed by atoms with E-state index < -0.39 is 10.5 Å². The van der Waals surface area contributed by atoms with Gasteiger partial charge in [-0.1, -0.05) is 12.1 Å². The Bertz CT molecular complexity index is 382. The van der Waals surface area contributed by atoms with Crippen molar-refractivity contribution in [2.75, 3.05) is 0 Å². The molecule has 0 aromatic heterocycles. The fourth-order valence-electron chi connectivity index (χ4n) is 1.26. The van der Waals surface area contributed by atoms with Gasteiger partial charge >= 0.3 is 0 Å². The van der Waals surface area contributed by atoms with Crippen LogP contribution in [0.2, 0.25) is 0 Å². The van der Waals surface area contributed by atoms with Crippen molar-refractivity contribution in [2.24, 2.45) is 0 Å². The van der Waals surface area contributed by atoms with Crippen LogP contribution in [0.5, 0.6) is 0 Å². The molecule has 0 spiro atoms. The van der Waals surface area contributed by atoms with Crippen molar-refractivity contribution < 1.29 is 10.0 Å². The second-order valence-corrected chi connectivity index (χ2v) is 4.68. The summed E-state index contributed by atoms with van der Waals surface area (Å²) in [5, 5.41) is 23.4. The van der Waals surface area contributed by atoms with E-state index in [1.807, 2.05) is 6.92 Å². The van der Waals surface area contributed by atoms with Crippen LogP contribution in [0, 0.1) is 10.1 Å². The first-order valence-electron chi connectivity index (χ1n) is 5.50. The normalized spacial score (nSPS) is 13.4. The maximum absolute atomic E-state index is 10.5. The van der Waals surface area contributed by atoms with Crippen LogP contribution in [-0.4, -0.2) is 21.7 Å². The molecule has 0 aliphatic heterocycles. The average molecular weight is 238 g/mol. The SMILES string of the molecule is CC(NCc1ccc([N+](=O)[O-])cc1)C(C)(C)O. The molecule has 0 heterocycles. The number of hydrogen-bond donors (Lipinski definition) is 2. The molecule has 1 aromatic rings. The van der Waals surface area contributed by atoms with E-state index in [1.165, 1.54) is 12.1 Å². The average Bonchev–Trinajstić information content (AvgIpc) is 2.25. The Labute approximate surface area is 101 Å². The molecule has 1 rings (SSSR count). The molecule has 0 fully saturated rings. The standard InChI is InChI=1S/C12H18N2O3/c1-9(12(2,3)15)13-8-10-4-6-11(7-5-10)14(16)17/h4-7,9,13,15H,8H2,1-3H3. The second kappa shape index (κ2) is 5.25. The molecule has 1 aromatic carbocycles. The number of nitro benzene ring substituents is 1. The van der Waals surface area contributed by atoms with E-state index in [-0.39, 0.29) is 11.7 Å². The molecule has 2 N–H and O–H groups in total. The topological polar surface area (TPSA) is 75.4 Å². The van der Waals surface area contributed by atoms with Gasteiger partial charge in [-0.15, -0.1) is 0 Å².